The van der Waals surface area contributed by atoms with Gasteiger partial charge in [0.05, 0.1) is 30.8 Å². The van der Waals surface area contributed by atoms with Crippen LogP contribution in [-0.4, -0.2) is 185 Å². The number of esters is 1. The molecule has 0 amide bonds. The molecule has 19 heteroatoms. The van der Waals surface area contributed by atoms with Gasteiger partial charge in [-0.1, -0.05) is 19.9 Å². The molecule has 2 unspecified atom stereocenters. The standard InChI is InChI=1S/C38H60O18.H2O/c1-16-11-37-9-5-20-35(2,7-4-8-36(20,3)34(50)55-32-29(49)26(46)23(43)18(13-40)52-32)21(37)6-10-38(16,15-37)56-33-30(27(47)24(44)19(14-41)53-33)54-31-28(48)25(45)22(42)17(12-39)51-31;/h17-33,39-49H,1,4-15H2,2-3H3;1H2/t17-,18-,19-,20?,21?,22-,23-,24-,25+,26+,27+,28-,29-,30-,31+,32+,33+,35-,36-,37-,38+;/m1./s1. The van der Waals surface area contributed by atoms with Crippen molar-refractivity contribution in [2.75, 3.05) is 19.8 Å². The summed E-state index contributed by atoms with van der Waals surface area (Å²) in [7, 11) is 0. The van der Waals surface area contributed by atoms with Crippen molar-refractivity contribution in [2.24, 2.45) is 28.1 Å². The maximum atomic E-state index is 14.1. The summed E-state index contributed by atoms with van der Waals surface area (Å²) in [5.74, 6) is -0.591. The Morgan fingerprint density at radius 3 is 1.81 bits per heavy atom. The first-order valence-electron chi connectivity index (χ1n) is 19.9. The van der Waals surface area contributed by atoms with Crippen LogP contribution in [0.25, 0.3) is 0 Å². The van der Waals surface area contributed by atoms with Gasteiger partial charge in [-0.3, -0.25) is 4.79 Å². The summed E-state index contributed by atoms with van der Waals surface area (Å²) < 4.78 is 35.6. The lowest BCUT2D eigenvalue weighted by atomic mass is 9.41. The number of ether oxygens (including phenoxy) is 6. The minimum absolute atomic E-state index is 0. The molecule has 19 nitrogen and oxygen atoms in total. The van der Waals surface area contributed by atoms with E-state index in [0.717, 1.165) is 18.4 Å². The summed E-state index contributed by atoms with van der Waals surface area (Å²) in [5.41, 5.74) is -1.80. The number of carbonyl (C=O) groups is 1. The molecule has 328 valence electrons. The van der Waals surface area contributed by atoms with Gasteiger partial charge in [0.2, 0.25) is 6.29 Å². The van der Waals surface area contributed by atoms with Crippen molar-refractivity contribution in [3.05, 3.63) is 12.2 Å². The summed E-state index contributed by atoms with van der Waals surface area (Å²) in [6, 6.07) is 0. The Kier molecular flexibility index (Phi) is 13.0. The van der Waals surface area contributed by atoms with E-state index in [9.17, 15) is 61.0 Å². The van der Waals surface area contributed by atoms with E-state index in [1.54, 1.807) is 0 Å². The van der Waals surface area contributed by atoms with E-state index in [1.165, 1.54) is 0 Å². The Morgan fingerprint density at radius 2 is 1.21 bits per heavy atom. The molecule has 57 heavy (non-hydrogen) atoms. The summed E-state index contributed by atoms with van der Waals surface area (Å²) in [4.78, 5) is 14.1. The van der Waals surface area contributed by atoms with Crippen LogP contribution >= 0.6 is 0 Å². The number of aliphatic hydroxyl groups excluding tert-OH is 11. The highest BCUT2D eigenvalue weighted by molar-refractivity contribution is 5.77. The van der Waals surface area contributed by atoms with E-state index in [4.69, 9.17) is 28.4 Å². The minimum atomic E-state index is -1.81. The molecule has 1 spiro atoms. The van der Waals surface area contributed by atoms with Crippen LogP contribution in [0.15, 0.2) is 12.2 Å². The summed E-state index contributed by atoms with van der Waals surface area (Å²) in [6.45, 7) is 6.52. The lowest BCUT2D eigenvalue weighted by Gasteiger charge is -2.64. The van der Waals surface area contributed by atoms with E-state index >= 15 is 0 Å². The van der Waals surface area contributed by atoms with Gasteiger partial charge in [0, 0.05) is 0 Å². The van der Waals surface area contributed by atoms with Gasteiger partial charge in [0.1, 0.15) is 73.2 Å². The van der Waals surface area contributed by atoms with Crippen LogP contribution in [0.1, 0.15) is 71.6 Å². The topological polar surface area (TPSA) is 326 Å². The zero-order chi connectivity index (χ0) is 40.7. The van der Waals surface area contributed by atoms with Crippen LogP contribution in [0.2, 0.25) is 0 Å². The monoisotopic (exact) mass is 822 g/mol. The van der Waals surface area contributed by atoms with Gasteiger partial charge in [-0.15, -0.1) is 0 Å². The van der Waals surface area contributed by atoms with Crippen molar-refractivity contribution in [2.45, 2.75) is 169 Å². The summed E-state index contributed by atoms with van der Waals surface area (Å²) in [5, 5.41) is 114. The van der Waals surface area contributed by atoms with Crippen molar-refractivity contribution in [3.8, 4) is 0 Å². The van der Waals surface area contributed by atoms with Gasteiger partial charge in [-0.2, -0.15) is 0 Å². The lowest BCUT2D eigenvalue weighted by molar-refractivity contribution is -0.378. The molecule has 13 N–H and O–H groups in total. The van der Waals surface area contributed by atoms with Gasteiger partial charge in [-0.05, 0) is 86.5 Å². The first kappa shape index (κ1) is 45.1. The zero-order valence-electron chi connectivity index (χ0n) is 32.3. The third-order valence-corrected chi connectivity index (χ3v) is 15.0. The first-order chi connectivity index (χ1) is 26.4. The van der Waals surface area contributed by atoms with Crippen LogP contribution in [-0.2, 0) is 33.2 Å². The first-order valence-corrected chi connectivity index (χ1v) is 19.9. The van der Waals surface area contributed by atoms with E-state index in [2.05, 4.69) is 13.5 Å². The molecule has 2 bridgehead atoms. The molecule has 7 fully saturated rings. The molecule has 3 saturated heterocycles. The third kappa shape index (κ3) is 7.20. The molecule has 3 heterocycles. The molecule has 4 saturated carbocycles. The van der Waals surface area contributed by atoms with Gasteiger partial charge >= 0.3 is 5.97 Å². The second-order valence-corrected chi connectivity index (χ2v) is 18.0. The van der Waals surface area contributed by atoms with Gasteiger partial charge in [0.15, 0.2) is 12.6 Å². The zero-order valence-corrected chi connectivity index (χ0v) is 32.3. The van der Waals surface area contributed by atoms with Crippen molar-refractivity contribution < 1.29 is 94.9 Å². The predicted octanol–water partition coefficient (Wildman–Crippen LogP) is -3.76. The lowest BCUT2D eigenvalue weighted by Crippen LogP contribution is -2.65. The molecule has 0 aromatic rings. The maximum Gasteiger partial charge on any atom is 0.314 e. The molecule has 7 rings (SSSR count). The normalized spacial score (nSPS) is 53.6. The molecule has 3 aliphatic heterocycles. The van der Waals surface area contributed by atoms with Gasteiger partial charge in [0.25, 0.3) is 0 Å². The average molecular weight is 823 g/mol. The molecule has 4 aliphatic carbocycles. The van der Waals surface area contributed by atoms with Crippen molar-refractivity contribution in [1.82, 2.24) is 0 Å². The van der Waals surface area contributed by atoms with E-state index in [1.807, 2.05) is 6.92 Å². The van der Waals surface area contributed by atoms with Crippen LogP contribution in [0, 0.1) is 28.1 Å². The Balaban J connectivity index is 0.00000549. The highest BCUT2D eigenvalue weighted by Crippen LogP contribution is 2.73. The molecule has 0 radical (unpaired) electrons. The Bertz CT molecular complexity index is 1450. The van der Waals surface area contributed by atoms with Crippen LogP contribution < -0.4 is 0 Å². The smallest absolute Gasteiger partial charge is 0.314 e. The van der Waals surface area contributed by atoms with Gasteiger partial charge in [-0.25, -0.2) is 0 Å². The number of rotatable bonds is 9. The average Bonchev–Trinajstić information content (AvgIpc) is 3.37. The molecule has 0 aromatic heterocycles. The fourth-order valence-electron chi connectivity index (χ4n) is 12.0. The quantitative estimate of drug-likeness (QED) is 0.0604. The SMILES string of the molecule is C=C1C[C@@]23CCC4[C@@](C)(CCC[C@@]4(C)C(=O)O[C@@H]4O[C@H](CO)[C@@H](O)[C@H](O)[C@H]4O)C2CC[C@]1(O[C@@H]1O[C@H](CO)[C@@H](O)[C@H](O)[C@H]1O[C@@H]1O[C@H](CO)[C@@H](O)[C@H](O)[C@H]1O)C3.O. The maximum absolute atomic E-state index is 14.1. The van der Waals surface area contributed by atoms with E-state index in [-0.39, 0.29) is 28.1 Å². The predicted molar refractivity (Wildman–Crippen MR) is 190 cm³/mol. The fourth-order valence-corrected chi connectivity index (χ4v) is 12.0. The Morgan fingerprint density at radius 1 is 0.684 bits per heavy atom. The van der Waals surface area contributed by atoms with Crippen LogP contribution in [0.4, 0.5) is 0 Å². The van der Waals surface area contributed by atoms with Crippen molar-refractivity contribution in [3.63, 3.8) is 0 Å². The Labute approximate surface area is 330 Å². The van der Waals surface area contributed by atoms with Crippen molar-refractivity contribution >= 4 is 5.97 Å². The minimum Gasteiger partial charge on any atom is -0.432 e. The molecular formula is C38H62O19. The molecule has 7 aliphatic rings. The van der Waals surface area contributed by atoms with Crippen LogP contribution in [0.3, 0.4) is 0 Å². The number of hydrogen-bond donors (Lipinski definition) is 11. The fraction of sp³-hybridized carbons (Fsp3) is 0.921. The number of aliphatic hydroxyl groups is 11. The third-order valence-electron chi connectivity index (χ3n) is 15.0. The van der Waals surface area contributed by atoms with Crippen LogP contribution in [0.5, 0.6) is 0 Å². The number of carbonyl (C=O) groups excluding carboxylic acids is 1. The molecular weight excluding hydrogens is 760 g/mol. The molecule has 21 atom stereocenters. The van der Waals surface area contributed by atoms with E-state index < -0.39 is 129 Å². The van der Waals surface area contributed by atoms with E-state index in [0.29, 0.717) is 44.9 Å². The second-order valence-electron chi connectivity index (χ2n) is 18.0. The summed E-state index contributed by atoms with van der Waals surface area (Å²) in [6.07, 6.45) is -17.8. The Hall–Kier alpha value is -1.47. The highest BCUT2D eigenvalue weighted by Gasteiger charge is 2.69. The largest absolute Gasteiger partial charge is 0.432 e. The van der Waals surface area contributed by atoms with Gasteiger partial charge < -0.3 is 90.1 Å². The highest BCUT2D eigenvalue weighted by atomic mass is 16.8. The second kappa shape index (κ2) is 16.4. The number of hydrogen-bond acceptors (Lipinski definition) is 18. The molecule has 0 aromatic carbocycles. The summed E-state index contributed by atoms with van der Waals surface area (Å²) >= 11 is 0. The number of fused-ring (bicyclic) bond motifs is 3. The van der Waals surface area contributed by atoms with Crippen molar-refractivity contribution in [1.29, 1.82) is 0 Å².